The average Bonchev–Trinajstić information content (AvgIpc) is 2.68. The number of hydrogen-bond donors (Lipinski definition) is 3. The Bertz CT molecular complexity index is 1040. The minimum Gasteiger partial charge on any atom is -0.592 e. The summed E-state index contributed by atoms with van der Waals surface area (Å²) in [4.78, 5) is 16.3. The van der Waals surface area contributed by atoms with Gasteiger partial charge in [0.05, 0.1) is 18.3 Å². The Morgan fingerprint density at radius 2 is 2.11 bits per heavy atom. The molecule has 0 radical (unpaired) electrons. The highest BCUT2D eigenvalue weighted by molar-refractivity contribution is 9.11. The van der Waals surface area contributed by atoms with Crippen LogP contribution in [0.5, 0.6) is 11.5 Å². The molecule has 27 heavy (non-hydrogen) atoms. The molecule has 2 aromatic carbocycles. The number of phenols is 1. The summed E-state index contributed by atoms with van der Waals surface area (Å²) >= 11 is 6.37. The van der Waals surface area contributed by atoms with E-state index in [0.717, 1.165) is 16.6 Å². The molecule has 0 saturated heterocycles. The SMILES string of the molecule is O=C(CNc1cccc2ncccc12)N/N=C/c1cc(Br)c([OH2+])c(Br)c1O. The number of amides is 1. The molecule has 7 nitrogen and oxygen atoms in total. The number of nitrogens with zero attached hydrogens (tertiary/aromatic N) is 2. The number of carbonyl (C=O) groups is 1. The molecule has 0 atom stereocenters. The summed E-state index contributed by atoms with van der Waals surface area (Å²) in [6.45, 7) is 0.0242. The molecular formula is C18H15Br2N4O3+. The van der Waals surface area contributed by atoms with Gasteiger partial charge in [0, 0.05) is 22.8 Å². The van der Waals surface area contributed by atoms with E-state index < -0.39 is 0 Å². The monoisotopic (exact) mass is 493 g/mol. The first-order valence-electron chi connectivity index (χ1n) is 7.79. The number of hydrogen-bond acceptors (Lipinski definition) is 5. The van der Waals surface area contributed by atoms with Crippen molar-refractivity contribution in [3.8, 4) is 11.5 Å². The van der Waals surface area contributed by atoms with Crippen LogP contribution in [0.3, 0.4) is 0 Å². The maximum absolute atomic E-state index is 12.0. The summed E-state index contributed by atoms with van der Waals surface area (Å²) in [5.74, 6) is -0.341. The maximum atomic E-state index is 12.0. The number of carbonyl (C=O) groups excluding carboxylic acids is 1. The molecule has 3 rings (SSSR count). The second-order valence-corrected chi connectivity index (χ2v) is 7.15. The molecule has 138 valence electrons. The number of nitrogens with one attached hydrogen (secondary N) is 2. The van der Waals surface area contributed by atoms with Crippen LogP contribution in [0, 0.1) is 0 Å². The molecule has 0 spiro atoms. The third-order valence-corrected chi connectivity index (χ3v) is 5.10. The highest BCUT2D eigenvalue weighted by Gasteiger charge is 2.16. The smallest absolute Gasteiger partial charge is 0.286 e. The normalized spacial score (nSPS) is 11.0. The molecule has 1 heterocycles. The summed E-state index contributed by atoms with van der Waals surface area (Å²) < 4.78 is 0.738. The quantitative estimate of drug-likeness (QED) is 0.286. The first-order valence-corrected chi connectivity index (χ1v) is 9.38. The number of anilines is 1. The van der Waals surface area contributed by atoms with Crippen molar-refractivity contribution in [3.63, 3.8) is 0 Å². The van der Waals surface area contributed by atoms with Crippen LogP contribution >= 0.6 is 31.9 Å². The summed E-state index contributed by atoms with van der Waals surface area (Å²) in [6.07, 6.45) is 3.02. The summed E-state index contributed by atoms with van der Waals surface area (Å²) in [7, 11) is 0. The van der Waals surface area contributed by atoms with Crippen molar-refractivity contribution >= 4 is 60.6 Å². The van der Waals surface area contributed by atoms with Gasteiger partial charge in [0.1, 0.15) is 10.2 Å². The third-order valence-electron chi connectivity index (χ3n) is 3.70. The highest BCUT2D eigenvalue weighted by atomic mass is 79.9. The van der Waals surface area contributed by atoms with E-state index in [1.807, 2.05) is 30.3 Å². The van der Waals surface area contributed by atoms with Crippen molar-refractivity contribution in [2.24, 2.45) is 5.10 Å². The predicted molar refractivity (Wildman–Crippen MR) is 113 cm³/mol. The Morgan fingerprint density at radius 1 is 1.30 bits per heavy atom. The van der Waals surface area contributed by atoms with Gasteiger partial charge >= 0.3 is 0 Å². The molecule has 0 aliphatic carbocycles. The number of halogens is 2. The topological polar surface area (TPSA) is 110 Å². The van der Waals surface area contributed by atoms with E-state index in [0.29, 0.717) is 10.0 Å². The van der Waals surface area contributed by atoms with Crippen LogP contribution in [0.25, 0.3) is 10.9 Å². The van der Waals surface area contributed by atoms with Crippen LogP contribution in [0.15, 0.2) is 56.6 Å². The second kappa shape index (κ2) is 8.36. The first-order chi connectivity index (χ1) is 13.0. The van der Waals surface area contributed by atoms with Crippen LogP contribution in [-0.2, 0) is 4.79 Å². The molecule has 0 fully saturated rings. The number of aromatic hydroxyl groups is 1. The van der Waals surface area contributed by atoms with Crippen molar-refractivity contribution in [1.82, 2.24) is 10.4 Å². The standard InChI is InChI=1S/C18H14Br2N4O3/c19-12-7-10(17(26)16(20)18(12)27)8-23-24-15(25)9-22-14-5-1-4-13-11(14)3-2-6-21-13/h1-8,22,26-27H,9H2,(H,24,25)/p+1/b23-8+. The van der Waals surface area contributed by atoms with E-state index in [1.54, 1.807) is 12.3 Å². The van der Waals surface area contributed by atoms with Gasteiger partial charge in [0.25, 0.3) is 11.7 Å². The van der Waals surface area contributed by atoms with Crippen molar-refractivity contribution in [2.45, 2.75) is 0 Å². The van der Waals surface area contributed by atoms with Crippen LogP contribution in [0.1, 0.15) is 5.56 Å². The fourth-order valence-corrected chi connectivity index (χ4v) is 3.53. The Kier molecular flexibility index (Phi) is 5.92. The van der Waals surface area contributed by atoms with Crippen molar-refractivity contribution in [2.75, 3.05) is 11.9 Å². The maximum Gasteiger partial charge on any atom is 0.286 e. The summed E-state index contributed by atoms with van der Waals surface area (Å²) in [5, 5.41) is 25.6. The molecule has 0 unspecified atom stereocenters. The minimum absolute atomic E-state index is 0.0242. The van der Waals surface area contributed by atoms with Gasteiger partial charge in [0.2, 0.25) is 0 Å². The Morgan fingerprint density at radius 3 is 2.93 bits per heavy atom. The fraction of sp³-hybridized carbons (Fsp3) is 0.0556. The van der Waals surface area contributed by atoms with Crippen molar-refractivity contribution < 1.29 is 15.0 Å². The number of hydrazone groups is 1. The highest BCUT2D eigenvalue weighted by Crippen LogP contribution is 2.40. The zero-order chi connectivity index (χ0) is 19.4. The zero-order valence-electron chi connectivity index (χ0n) is 13.8. The fourth-order valence-electron chi connectivity index (χ4n) is 2.37. The van der Waals surface area contributed by atoms with Gasteiger partial charge in [-0.25, -0.2) is 5.43 Å². The Labute approximate surface area is 171 Å². The van der Waals surface area contributed by atoms with Crippen LogP contribution < -0.4 is 10.7 Å². The Balaban J connectivity index is 1.63. The zero-order valence-corrected chi connectivity index (χ0v) is 17.0. The molecule has 5 N–H and O–H groups in total. The number of aromatic nitrogens is 1. The van der Waals surface area contributed by atoms with Crippen LogP contribution in [0.2, 0.25) is 0 Å². The number of fused-ring (bicyclic) bond motifs is 1. The van der Waals surface area contributed by atoms with Crippen molar-refractivity contribution in [1.29, 1.82) is 0 Å². The largest absolute Gasteiger partial charge is 0.592 e. The molecule has 9 heteroatoms. The van der Waals surface area contributed by atoms with E-state index in [4.69, 9.17) is 5.11 Å². The van der Waals surface area contributed by atoms with Gasteiger partial charge in [-0.15, -0.1) is 0 Å². The van der Waals surface area contributed by atoms with Gasteiger partial charge < -0.3 is 15.5 Å². The lowest BCUT2D eigenvalue weighted by molar-refractivity contribution is -0.119. The molecule has 0 bridgehead atoms. The molecule has 0 aliphatic heterocycles. The number of phenolic OH excluding ortho intramolecular Hbond substituents is 1. The van der Waals surface area contributed by atoms with Gasteiger partial charge in [-0.1, -0.05) is 6.07 Å². The lowest BCUT2D eigenvalue weighted by Crippen LogP contribution is -2.25. The lowest BCUT2D eigenvalue weighted by atomic mass is 10.2. The van der Waals surface area contributed by atoms with E-state index in [2.05, 4.69) is 52.7 Å². The average molecular weight is 495 g/mol. The molecule has 0 aliphatic rings. The summed E-state index contributed by atoms with van der Waals surface area (Å²) in [6, 6.07) is 10.9. The van der Waals surface area contributed by atoms with Crippen molar-refractivity contribution in [3.05, 3.63) is 57.1 Å². The minimum atomic E-state index is -0.345. The number of benzene rings is 2. The predicted octanol–water partition coefficient (Wildman–Crippen LogP) is 3.47. The van der Waals surface area contributed by atoms with Gasteiger partial charge in [-0.05, 0) is 62.2 Å². The molecule has 0 saturated carbocycles. The Hall–Kier alpha value is -2.65. The number of rotatable bonds is 5. The van der Waals surface area contributed by atoms with E-state index in [9.17, 15) is 9.90 Å². The van der Waals surface area contributed by atoms with Gasteiger partial charge in [-0.2, -0.15) is 5.10 Å². The van der Waals surface area contributed by atoms with E-state index >= 15 is 0 Å². The third kappa shape index (κ3) is 4.37. The lowest BCUT2D eigenvalue weighted by Gasteiger charge is -2.08. The van der Waals surface area contributed by atoms with E-state index in [1.165, 1.54) is 6.21 Å². The summed E-state index contributed by atoms with van der Waals surface area (Å²) in [5.41, 5.74) is 4.39. The second-order valence-electron chi connectivity index (χ2n) is 5.51. The van der Waals surface area contributed by atoms with Gasteiger partial charge in [0.15, 0.2) is 4.47 Å². The van der Waals surface area contributed by atoms with E-state index in [-0.39, 0.29) is 28.4 Å². The molecular weight excluding hydrogens is 480 g/mol. The van der Waals surface area contributed by atoms with Crippen LogP contribution in [0.4, 0.5) is 5.69 Å². The molecule has 3 aromatic rings. The van der Waals surface area contributed by atoms with Gasteiger partial charge in [-0.3, -0.25) is 9.78 Å². The first kappa shape index (κ1) is 19.1. The number of pyridine rings is 1. The van der Waals surface area contributed by atoms with Crippen LogP contribution in [-0.4, -0.2) is 33.9 Å². The molecule has 1 amide bonds. The molecule has 1 aromatic heterocycles.